The van der Waals surface area contributed by atoms with Crippen LogP contribution in [0.25, 0.3) is 10.9 Å². The number of hydrogen-bond donors (Lipinski definition) is 3. The molecule has 0 fully saturated rings. The number of rotatable bonds is 5. The molecule has 6 heteroatoms. The third kappa shape index (κ3) is 3.01. The summed E-state index contributed by atoms with van der Waals surface area (Å²) in [5, 5.41) is 13.3. The summed E-state index contributed by atoms with van der Waals surface area (Å²) < 4.78 is 0. The summed E-state index contributed by atoms with van der Waals surface area (Å²) in [5.74, 6) is -1.79. The molecule has 3 aromatic rings. The molecule has 0 saturated carbocycles. The molecule has 4 rings (SSSR count). The topological polar surface area (TPSA) is 99.3 Å². The van der Waals surface area contributed by atoms with E-state index in [-0.39, 0.29) is 29.2 Å². The predicted octanol–water partition coefficient (Wildman–Crippen LogP) is 2.72. The monoisotopic (exact) mass is 360 g/mol. The van der Waals surface area contributed by atoms with Crippen LogP contribution in [0.2, 0.25) is 0 Å². The number of nitrogens with one attached hydrogen (secondary N) is 2. The van der Waals surface area contributed by atoms with Gasteiger partial charge in [0.25, 0.3) is 0 Å². The maximum Gasteiger partial charge on any atom is 0.326 e. The van der Waals surface area contributed by atoms with Crippen molar-refractivity contribution in [3.05, 3.63) is 83.2 Å². The molecule has 1 heterocycles. The van der Waals surface area contributed by atoms with Gasteiger partial charge in [0.05, 0.1) is 5.70 Å². The Labute approximate surface area is 154 Å². The second kappa shape index (κ2) is 6.57. The lowest BCUT2D eigenvalue weighted by atomic mass is 9.92. The number of carboxylic acid groups (broad SMARTS) is 1. The highest BCUT2D eigenvalue weighted by molar-refractivity contribution is 6.24. The van der Waals surface area contributed by atoms with Gasteiger partial charge in [0.1, 0.15) is 6.04 Å². The summed E-state index contributed by atoms with van der Waals surface area (Å²) in [7, 11) is 0. The van der Waals surface area contributed by atoms with Gasteiger partial charge in [0.15, 0.2) is 5.78 Å². The Morgan fingerprint density at radius 2 is 1.74 bits per heavy atom. The van der Waals surface area contributed by atoms with E-state index in [9.17, 15) is 19.5 Å². The number of benzene rings is 2. The van der Waals surface area contributed by atoms with Crippen molar-refractivity contribution in [3.8, 4) is 0 Å². The molecule has 0 aliphatic heterocycles. The zero-order chi connectivity index (χ0) is 19.0. The first-order valence-electron chi connectivity index (χ1n) is 8.48. The summed E-state index contributed by atoms with van der Waals surface area (Å²) in [6.07, 6.45) is 3.11. The van der Waals surface area contributed by atoms with Crippen LogP contribution in [0.4, 0.5) is 0 Å². The summed E-state index contributed by atoms with van der Waals surface area (Å²) in [6.45, 7) is 0. The Morgan fingerprint density at radius 1 is 1.04 bits per heavy atom. The molecular formula is C21H16N2O4. The quantitative estimate of drug-likeness (QED) is 0.650. The lowest BCUT2D eigenvalue weighted by Crippen LogP contribution is -2.41. The largest absolute Gasteiger partial charge is 0.480 e. The van der Waals surface area contributed by atoms with Gasteiger partial charge in [-0.1, -0.05) is 42.5 Å². The molecule has 0 bridgehead atoms. The van der Waals surface area contributed by atoms with Crippen molar-refractivity contribution in [2.24, 2.45) is 0 Å². The van der Waals surface area contributed by atoms with Gasteiger partial charge in [-0.25, -0.2) is 4.79 Å². The molecule has 27 heavy (non-hydrogen) atoms. The van der Waals surface area contributed by atoms with E-state index in [4.69, 9.17) is 0 Å². The van der Waals surface area contributed by atoms with Crippen LogP contribution in [0.1, 0.15) is 26.3 Å². The second-order valence-electron chi connectivity index (χ2n) is 6.40. The Morgan fingerprint density at radius 3 is 2.52 bits per heavy atom. The molecule has 1 aliphatic carbocycles. The number of carboxylic acids is 1. The smallest absolute Gasteiger partial charge is 0.326 e. The molecule has 2 aromatic carbocycles. The first-order valence-corrected chi connectivity index (χ1v) is 8.48. The van der Waals surface area contributed by atoms with Crippen LogP contribution >= 0.6 is 0 Å². The van der Waals surface area contributed by atoms with Crippen LogP contribution in [0.15, 0.2) is 66.5 Å². The minimum atomic E-state index is -1.10. The van der Waals surface area contributed by atoms with Crippen molar-refractivity contribution in [2.45, 2.75) is 12.5 Å². The van der Waals surface area contributed by atoms with E-state index in [1.165, 1.54) is 6.08 Å². The Balaban J connectivity index is 1.62. The molecule has 0 unspecified atom stereocenters. The highest BCUT2D eigenvalue weighted by Crippen LogP contribution is 2.22. The van der Waals surface area contributed by atoms with Crippen molar-refractivity contribution in [1.29, 1.82) is 0 Å². The first kappa shape index (κ1) is 16.8. The molecule has 1 atom stereocenters. The number of aromatic nitrogens is 1. The number of fused-ring (bicyclic) bond motifs is 2. The molecular weight excluding hydrogens is 344 g/mol. The Kier molecular flexibility index (Phi) is 4.08. The maximum absolute atomic E-state index is 12.7. The van der Waals surface area contributed by atoms with Gasteiger partial charge >= 0.3 is 5.97 Å². The van der Waals surface area contributed by atoms with Gasteiger partial charge in [-0.2, -0.15) is 0 Å². The molecule has 0 radical (unpaired) electrons. The molecule has 0 spiro atoms. The van der Waals surface area contributed by atoms with Crippen LogP contribution in [0.3, 0.4) is 0 Å². The average Bonchev–Trinajstić information content (AvgIpc) is 3.08. The molecule has 134 valence electrons. The minimum Gasteiger partial charge on any atom is -0.480 e. The lowest BCUT2D eigenvalue weighted by molar-refractivity contribution is -0.139. The van der Waals surface area contributed by atoms with Gasteiger partial charge in [-0.15, -0.1) is 0 Å². The van der Waals surface area contributed by atoms with E-state index in [1.807, 2.05) is 24.3 Å². The van der Waals surface area contributed by atoms with Crippen molar-refractivity contribution < 1.29 is 19.5 Å². The number of Topliss-reactive ketones (excluding diaryl/α,β-unsaturated/α-hetero) is 1. The maximum atomic E-state index is 12.7. The highest BCUT2D eigenvalue weighted by Gasteiger charge is 2.29. The minimum absolute atomic E-state index is 0.00550. The Bertz CT molecular complexity index is 1110. The van der Waals surface area contributed by atoms with E-state index in [0.717, 1.165) is 16.5 Å². The fourth-order valence-corrected chi connectivity index (χ4v) is 3.33. The number of para-hydroxylation sites is 1. The second-order valence-corrected chi connectivity index (χ2v) is 6.40. The number of aliphatic carboxylic acids is 1. The van der Waals surface area contributed by atoms with Crippen molar-refractivity contribution in [3.63, 3.8) is 0 Å². The zero-order valence-corrected chi connectivity index (χ0v) is 14.2. The Hall–Kier alpha value is -3.67. The van der Waals surface area contributed by atoms with Crippen molar-refractivity contribution in [1.82, 2.24) is 10.3 Å². The number of ketones is 2. The summed E-state index contributed by atoms with van der Waals surface area (Å²) in [6, 6.07) is 13.1. The van der Waals surface area contributed by atoms with Crippen LogP contribution in [0.5, 0.6) is 0 Å². The predicted molar refractivity (Wildman–Crippen MR) is 99.7 cm³/mol. The number of hydrogen-bond acceptors (Lipinski definition) is 4. The number of carbonyl (C=O) groups is 3. The van der Waals surface area contributed by atoms with E-state index in [2.05, 4.69) is 10.3 Å². The molecule has 6 nitrogen and oxygen atoms in total. The number of carbonyl (C=O) groups excluding carboxylic acids is 2. The molecule has 1 aliphatic rings. The van der Waals surface area contributed by atoms with Crippen LogP contribution in [-0.4, -0.2) is 33.7 Å². The molecule has 0 saturated heterocycles. The average molecular weight is 360 g/mol. The summed E-state index contributed by atoms with van der Waals surface area (Å²) in [5.41, 5.74) is 2.35. The van der Waals surface area contributed by atoms with E-state index >= 15 is 0 Å². The normalized spacial score (nSPS) is 14.6. The third-order valence-electron chi connectivity index (χ3n) is 4.68. The van der Waals surface area contributed by atoms with Crippen molar-refractivity contribution >= 4 is 28.4 Å². The fourth-order valence-electron chi connectivity index (χ4n) is 3.33. The van der Waals surface area contributed by atoms with Gasteiger partial charge in [0.2, 0.25) is 5.78 Å². The summed E-state index contributed by atoms with van der Waals surface area (Å²) >= 11 is 0. The molecule has 0 amide bonds. The van der Waals surface area contributed by atoms with Gasteiger partial charge in [-0.3, -0.25) is 9.59 Å². The lowest BCUT2D eigenvalue weighted by Gasteiger charge is -2.20. The SMILES string of the molecule is O=C1C=C(N[C@H](Cc2c[nH]c3ccccc23)C(=O)O)C(=O)c2ccccc21. The van der Waals surface area contributed by atoms with Gasteiger partial charge < -0.3 is 15.4 Å². The third-order valence-corrected chi connectivity index (χ3v) is 4.68. The number of H-pyrrole nitrogens is 1. The van der Waals surface area contributed by atoms with Crippen molar-refractivity contribution in [2.75, 3.05) is 0 Å². The highest BCUT2D eigenvalue weighted by atomic mass is 16.4. The summed E-state index contributed by atoms with van der Waals surface area (Å²) in [4.78, 5) is 39.8. The molecule has 1 aromatic heterocycles. The van der Waals surface area contributed by atoms with E-state index in [0.29, 0.717) is 5.56 Å². The van der Waals surface area contributed by atoms with Crippen LogP contribution in [-0.2, 0) is 11.2 Å². The standard InChI is InChI=1S/C21H16N2O4/c24-19-10-17(20(25)15-7-2-1-6-14(15)19)23-18(21(26)27)9-12-11-22-16-8-4-3-5-13(12)16/h1-8,10-11,18,22-23H,9H2,(H,26,27)/t18-/m1/s1. The van der Waals surface area contributed by atoms with E-state index < -0.39 is 12.0 Å². The number of allylic oxidation sites excluding steroid dienone is 2. The molecule has 3 N–H and O–H groups in total. The zero-order valence-electron chi connectivity index (χ0n) is 14.2. The van der Waals surface area contributed by atoms with Gasteiger partial charge in [0, 0.05) is 40.7 Å². The van der Waals surface area contributed by atoms with Crippen LogP contribution < -0.4 is 5.32 Å². The van der Waals surface area contributed by atoms with Crippen LogP contribution in [0, 0.1) is 0 Å². The first-order chi connectivity index (χ1) is 13.0. The fraction of sp³-hybridized carbons (Fsp3) is 0.0952. The number of aromatic amines is 1. The van der Waals surface area contributed by atoms with Gasteiger partial charge in [-0.05, 0) is 11.6 Å². The van der Waals surface area contributed by atoms with E-state index in [1.54, 1.807) is 30.5 Å².